The Balaban J connectivity index is 1.93. The molecule has 2 amide bonds. The van der Waals surface area contributed by atoms with Crippen LogP contribution in [0.15, 0.2) is 30.6 Å². The molecule has 0 saturated heterocycles. The van der Waals surface area contributed by atoms with Crippen LogP contribution in [0.3, 0.4) is 0 Å². The Morgan fingerprint density at radius 2 is 1.76 bits per heavy atom. The highest BCUT2D eigenvalue weighted by molar-refractivity contribution is 6.01. The average Bonchev–Trinajstić information content (AvgIpc) is 2.94. The molecule has 0 spiro atoms. The van der Waals surface area contributed by atoms with Crippen LogP contribution in [0.4, 0.5) is 11.4 Å². The zero-order valence-electron chi connectivity index (χ0n) is 11.9. The molecule has 7 heteroatoms. The maximum Gasteiger partial charge on any atom is 0.292 e. The van der Waals surface area contributed by atoms with Crippen molar-refractivity contribution in [1.29, 1.82) is 0 Å². The minimum Gasteiger partial charge on any atom is -0.326 e. The smallest absolute Gasteiger partial charge is 0.292 e. The lowest BCUT2D eigenvalue weighted by Gasteiger charge is -2.08. The van der Waals surface area contributed by atoms with Gasteiger partial charge in [-0.05, 0) is 30.2 Å². The van der Waals surface area contributed by atoms with Gasteiger partial charge in [-0.1, -0.05) is 13.8 Å². The van der Waals surface area contributed by atoms with Crippen LogP contribution in [0.5, 0.6) is 0 Å². The van der Waals surface area contributed by atoms with Crippen molar-refractivity contribution < 1.29 is 9.59 Å². The van der Waals surface area contributed by atoms with Gasteiger partial charge in [0.15, 0.2) is 0 Å². The van der Waals surface area contributed by atoms with Crippen LogP contribution in [0.25, 0.3) is 0 Å². The first-order valence-electron chi connectivity index (χ1n) is 6.61. The van der Waals surface area contributed by atoms with Crippen molar-refractivity contribution in [2.45, 2.75) is 20.3 Å². The number of nitrogens with one attached hydrogen (secondary N) is 3. The van der Waals surface area contributed by atoms with Crippen LogP contribution in [-0.4, -0.2) is 27.0 Å². The summed E-state index contributed by atoms with van der Waals surface area (Å²) in [6.45, 7) is 3.98. The molecule has 21 heavy (non-hydrogen) atoms. The summed E-state index contributed by atoms with van der Waals surface area (Å²) in [6.07, 6.45) is 1.74. The Labute approximate surface area is 122 Å². The molecule has 2 rings (SSSR count). The summed E-state index contributed by atoms with van der Waals surface area (Å²) in [7, 11) is 0. The zero-order chi connectivity index (χ0) is 15.2. The van der Waals surface area contributed by atoms with Crippen LogP contribution < -0.4 is 10.6 Å². The second-order valence-corrected chi connectivity index (χ2v) is 5.01. The number of amides is 2. The lowest BCUT2D eigenvalue weighted by atomic mass is 10.1. The van der Waals surface area contributed by atoms with Crippen LogP contribution in [0.2, 0.25) is 0 Å². The number of benzene rings is 1. The van der Waals surface area contributed by atoms with E-state index in [1.54, 1.807) is 24.3 Å². The van der Waals surface area contributed by atoms with Crippen molar-refractivity contribution in [2.75, 3.05) is 10.6 Å². The van der Waals surface area contributed by atoms with Crippen LogP contribution in [0.1, 0.15) is 30.9 Å². The molecule has 110 valence electrons. The molecule has 7 nitrogen and oxygen atoms in total. The van der Waals surface area contributed by atoms with Gasteiger partial charge in [0.1, 0.15) is 6.33 Å². The van der Waals surface area contributed by atoms with E-state index in [-0.39, 0.29) is 17.6 Å². The predicted molar refractivity (Wildman–Crippen MR) is 78.9 cm³/mol. The summed E-state index contributed by atoms with van der Waals surface area (Å²) in [5, 5.41) is 11.6. The summed E-state index contributed by atoms with van der Waals surface area (Å²) in [6, 6.07) is 6.88. The molecule has 3 N–H and O–H groups in total. The number of aromatic nitrogens is 3. The van der Waals surface area contributed by atoms with Crippen LogP contribution >= 0.6 is 0 Å². The van der Waals surface area contributed by atoms with Crippen LogP contribution in [0, 0.1) is 5.92 Å². The zero-order valence-corrected chi connectivity index (χ0v) is 11.9. The van der Waals surface area contributed by atoms with Gasteiger partial charge in [0.2, 0.25) is 11.7 Å². The minimum absolute atomic E-state index is 0.0246. The number of rotatable bonds is 5. The second kappa shape index (κ2) is 6.65. The number of carbonyl (C=O) groups excluding carboxylic acids is 2. The van der Waals surface area contributed by atoms with Crippen molar-refractivity contribution in [1.82, 2.24) is 15.2 Å². The van der Waals surface area contributed by atoms with Crippen molar-refractivity contribution in [2.24, 2.45) is 5.92 Å². The molecular weight excluding hydrogens is 270 g/mol. The van der Waals surface area contributed by atoms with Crippen LogP contribution in [-0.2, 0) is 4.79 Å². The quantitative estimate of drug-likeness (QED) is 0.783. The number of hydrogen-bond donors (Lipinski definition) is 3. The van der Waals surface area contributed by atoms with Gasteiger partial charge in [0, 0.05) is 17.8 Å². The maximum atomic E-state index is 11.7. The number of anilines is 2. The third kappa shape index (κ3) is 4.41. The van der Waals surface area contributed by atoms with Gasteiger partial charge in [-0.2, -0.15) is 5.10 Å². The Morgan fingerprint density at radius 3 is 2.29 bits per heavy atom. The minimum atomic E-state index is -0.371. The number of H-pyrrole nitrogens is 1. The van der Waals surface area contributed by atoms with Crippen molar-refractivity contribution in [3.05, 3.63) is 36.4 Å². The van der Waals surface area contributed by atoms with Crippen molar-refractivity contribution >= 4 is 23.2 Å². The fourth-order valence-electron chi connectivity index (χ4n) is 1.72. The standard InChI is InChI=1S/C14H17N5O2/c1-9(2)7-12(20)17-10-3-5-11(6-4-10)18-14(21)13-15-8-16-19-13/h3-6,8-9H,7H2,1-2H3,(H,17,20)(H,18,21)(H,15,16,19). The molecule has 0 atom stereocenters. The summed E-state index contributed by atoms with van der Waals surface area (Å²) >= 11 is 0. The third-order valence-corrected chi connectivity index (χ3v) is 2.65. The maximum absolute atomic E-state index is 11.7. The molecule has 1 aromatic carbocycles. The molecule has 0 fully saturated rings. The Bertz CT molecular complexity index is 605. The normalized spacial score (nSPS) is 10.4. The van der Waals surface area contributed by atoms with E-state index in [0.29, 0.717) is 23.7 Å². The number of hydrogen-bond acceptors (Lipinski definition) is 4. The number of carbonyl (C=O) groups is 2. The fraction of sp³-hybridized carbons (Fsp3) is 0.286. The van der Waals surface area contributed by atoms with Crippen molar-refractivity contribution in [3.8, 4) is 0 Å². The Morgan fingerprint density at radius 1 is 1.14 bits per heavy atom. The molecular formula is C14H17N5O2. The first kappa shape index (κ1) is 14.7. The summed E-state index contributed by atoms with van der Waals surface area (Å²) < 4.78 is 0. The molecule has 0 bridgehead atoms. The molecule has 0 unspecified atom stereocenters. The highest BCUT2D eigenvalue weighted by Crippen LogP contribution is 2.15. The third-order valence-electron chi connectivity index (χ3n) is 2.65. The van der Waals surface area contributed by atoms with E-state index in [1.165, 1.54) is 6.33 Å². The van der Waals surface area contributed by atoms with Gasteiger partial charge in [-0.25, -0.2) is 4.98 Å². The van der Waals surface area contributed by atoms with Gasteiger partial charge in [-0.15, -0.1) is 0 Å². The van der Waals surface area contributed by atoms with E-state index in [0.717, 1.165) is 0 Å². The van der Waals surface area contributed by atoms with E-state index in [4.69, 9.17) is 0 Å². The average molecular weight is 287 g/mol. The molecule has 0 aliphatic rings. The highest BCUT2D eigenvalue weighted by Gasteiger charge is 2.09. The summed E-state index contributed by atoms with van der Waals surface area (Å²) in [5.74, 6) is 0.0577. The van der Waals surface area contributed by atoms with Gasteiger partial charge < -0.3 is 10.6 Å². The van der Waals surface area contributed by atoms with Gasteiger partial charge >= 0.3 is 0 Å². The van der Waals surface area contributed by atoms with E-state index in [9.17, 15) is 9.59 Å². The van der Waals surface area contributed by atoms with Gasteiger partial charge in [0.05, 0.1) is 0 Å². The SMILES string of the molecule is CC(C)CC(=O)Nc1ccc(NC(=O)c2ncn[nH]2)cc1. The topological polar surface area (TPSA) is 99.8 Å². The predicted octanol–water partition coefficient (Wildman–Crippen LogP) is 2.04. The van der Waals surface area contributed by atoms with E-state index < -0.39 is 0 Å². The molecule has 1 heterocycles. The number of nitrogens with zero attached hydrogens (tertiary/aromatic N) is 2. The first-order chi connectivity index (χ1) is 10.0. The largest absolute Gasteiger partial charge is 0.326 e. The van der Waals surface area contributed by atoms with Crippen molar-refractivity contribution in [3.63, 3.8) is 0 Å². The van der Waals surface area contributed by atoms with Gasteiger partial charge in [-0.3, -0.25) is 14.7 Å². The molecule has 2 aromatic rings. The monoisotopic (exact) mass is 287 g/mol. The van der Waals surface area contributed by atoms with E-state index >= 15 is 0 Å². The van der Waals surface area contributed by atoms with Gasteiger partial charge in [0.25, 0.3) is 5.91 Å². The van der Waals surface area contributed by atoms with E-state index in [2.05, 4.69) is 25.8 Å². The summed E-state index contributed by atoms with van der Waals surface area (Å²) in [4.78, 5) is 27.1. The fourth-order valence-corrected chi connectivity index (χ4v) is 1.72. The lowest BCUT2D eigenvalue weighted by molar-refractivity contribution is -0.116. The Hall–Kier alpha value is -2.70. The molecule has 0 aliphatic heterocycles. The molecule has 0 saturated carbocycles. The molecule has 1 aromatic heterocycles. The molecule has 0 aliphatic carbocycles. The molecule has 0 radical (unpaired) electrons. The lowest BCUT2D eigenvalue weighted by Crippen LogP contribution is -2.15. The Kier molecular flexibility index (Phi) is 4.65. The van der Waals surface area contributed by atoms with E-state index in [1.807, 2.05) is 13.8 Å². The highest BCUT2D eigenvalue weighted by atomic mass is 16.2. The first-order valence-corrected chi connectivity index (χ1v) is 6.61. The number of aromatic amines is 1. The summed E-state index contributed by atoms with van der Waals surface area (Å²) in [5.41, 5.74) is 1.30. The second-order valence-electron chi connectivity index (χ2n) is 5.01.